The number of amides is 1. The number of aryl methyl sites for hydroxylation is 2. The van der Waals surface area contributed by atoms with Gasteiger partial charge in [0.15, 0.2) is 0 Å². The van der Waals surface area contributed by atoms with E-state index >= 15 is 0 Å². The SMILES string of the molecule is COc1ccc(OC)c(S(=O)(=O)N2CCN(C(=O)c3ccc(C)cc3C)CC2)c1. The van der Waals surface area contributed by atoms with Gasteiger partial charge in [0.25, 0.3) is 5.91 Å². The molecule has 29 heavy (non-hydrogen) atoms. The molecule has 1 amide bonds. The van der Waals surface area contributed by atoms with E-state index in [0.717, 1.165) is 11.1 Å². The number of carbonyl (C=O) groups is 1. The molecule has 2 aromatic carbocycles. The molecule has 7 nitrogen and oxygen atoms in total. The Labute approximate surface area is 171 Å². The lowest BCUT2D eigenvalue weighted by Crippen LogP contribution is -2.50. The predicted octanol–water partition coefficient (Wildman–Crippen LogP) is 2.47. The molecule has 0 bridgehead atoms. The number of rotatable bonds is 5. The van der Waals surface area contributed by atoms with Crippen molar-refractivity contribution in [3.8, 4) is 11.5 Å². The summed E-state index contributed by atoms with van der Waals surface area (Å²) >= 11 is 0. The number of ether oxygens (including phenoxy) is 2. The maximum atomic E-state index is 13.2. The van der Waals surface area contributed by atoms with E-state index in [-0.39, 0.29) is 29.6 Å². The number of methoxy groups -OCH3 is 2. The average Bonchev–Trinajstić information content (AvgIpc) is 2.73. The first-order chi connectivity index (χ1) is 13.8. The van der Waals surface area contributed by atoms with Crippen molar-refractivity contribution in [3.05, 3.63) is 53.1 Å². The van der Waals surface area contributed by atoms with Gasteiger partial charge in [-0.3, -0.25) is 4.79 Å². The van der Waals surface area contributed by atoms with Crippen LogP contribution in [0.2, 0.25) is 0 Å². The van der Waals surface area contributed by atoms with Gasteiger partial charge >= 0.3 is 0 Å². The predicted molar refractivity (Wildman–Crippen MR) is 110 cm³/mol. The molecular formula is C21H26N2O5S. The first-order valence-electron chi connectivity index (χ1n) is 9.36. The summed E-state index contributed by atoms with van der Waals surface area (Å²) in [4.78, 5) is 14.6. The fourth-order valence-electron chi connectivity index (χ4n) is 3.48. The summed E-state index contributed by atoms with van der Waals surface area (Å²) in [5.41, 5.74) is 2.68. The summed E-state index contributed by atoms with van der Waals surface area (Å²) in [6.07, 6.45) is 0. The van der Waals surface area contributed by atoms with Crippen molar-refractivity contribution in [3.63, 3.8) is 0 Å². The van der Waals surface area contributed by atoms with Gasteiger partial charge in [-0.15, -0.1) is 0 Å². The van der Waals surface area contributed by atoms with E-state index in [1.165, 1.54) is 24.6 Å². The molecular weight excluding hydrogens is 392 g/mol. The zero-order chi connectivity index (χ0) is 21.2. The molecule has 0 aliphatic carbocycles. The highest BCUT2D eigenvalue weighted by atomic mass is 32.2. The molecule has 0 atom stereocenters. The van der Waals surface area contributed by atoms with Crippen LogP contribution in [0.4, 0.5) is 0 Å². The van der Waals surface area contributed by atoms with Crippen LogP contribution in [-0.2, 0) is 10.0 Å². The van der Waals surface area contributed by atoms with Crippen molar-refractivity contribution in [2.75, 3.05) is 40.4 Å². The monoisotopic (exact) mass is 418 g/mol. The van der Waals surface area contributed by atoms with E-state index in [1.807, 2.05) is 32.0 Å². The van der Waals surface area contributed by atoms with Gasteiger partial charge < -0.3 is 14.4 Å². The molecule has 3 rings (SSSR count). The minimum absolute atomic E-state index is 0.0634. The van der Waals surface area contributed by atoms with Crippen molar-refractivity contribution in [1.82, 2.24) is 9.21 Å². The average molecular weight is 419 g/mol. The van der Waals surface area contributed by atoms with E-state index < -0.39 is 10.0 Å². The Balaban J connectivity index is 1.77. The molecule has 0 N–H and O–H groups in total. The minimum atomic E-state index is -3.77. The number of carbonyl (C=O) groups excluding carboxylic acids is 1. The van der Waals surface area contributed by atoms with E-state index in [4.69, 9.17) is 9.47 Å². The second-order valence-corrected chi connectivity index (χ2v) is 8.94. The molecule has 2 aromatic rings. The zero-order valence-electron chi connectivity index (χ0n) is 17.1. The molecule has 1 fully saturated rings. The molecule has 0 aromatic heterocycles. The van der Waals surface area contributed by atoms with Gasteiger partial charge in [0.05, 0.1) is 14.2 Å². The Morgan fingerprint density at radius 2 is 1.62 bits per heavy atom. The molecule has 1 saturated heterocycles. The molecule has 8 heteroatoms. The van der Waals surface area contributed by atoms with Crippen molar-refractivity contribution in [1.29, 1.82) is 0 Å². The highest BCUT2D eigenvalue weighted by molar-refractivity contribution is 7.89. The van der Waals surface area contributed by atoms with E-state index in [0.29, 0.717) is 24.4 Å². The van der Waals surface area contributed by atoms with Gasteiger partial charge in [0.1, 0.15) is 16.4 Å². The van der Waals surface area contributed by atoms with Crippen molar-refractivity contribution < 1.29 is 22.7 Å². The molecule has 0 saturated carbocycles. The second kappa shape index (κ2) is 8.42. The Kier molecular flexibility index (Phi) is 6.14. The van der Waals surface area contributed by atoms with E-state index in [9.17, 15) is 13.2 Å². The number of piperazine rings is 1. The third kappa shape index (κ3) is 4.23. The number of benzene rings is 2. The topological polar surface area (TPSA) is 76.2 Å². The second-order valence-electron chi connectivity index (χ2n) is 7.03. The molecule has 0 unspecified atom stereocenters. The fourth-order valence-corrected chi connectivity index (χ4v) is 5.07. The Morgan fingerprint density at radius 1 is 0.931 bits per heavy atom. The highest BCUT2D eigenvalue weighted by Crippen LogP contribution is 2.31. The number of hydrogen-bond donors (Lipinski definition) is 0. The van der Waals surface area contributed by atoms with Crippen LogP contribution in [0.3, 0.4) is 0 Å². The third-order valence-electron chi connectivity index (χ3n) is 5.13. The molecule has 1 aliphatic rings. The highest BCUT2D eigenvalue weighted by Gasteiger charge is 2.33. The van der Waals surface area contributed by atoms with Crippen LogP contribution < -0.4 is 9.47 Å². The third-order valence-corrected chi connectivity index (χ3v) is 7.05. The van der Waals surface area contributed by atoms with Crippen LogP contribution in [0.15, 0.2) is 41.3 Å². The summed E-state index contributed by atoms with van der Waals surface area (Å²) < 4.78 is 38.1. The number of sulfonamides is 1. The molecule has 1 aliphatic heterocycles. The van der Waals surface area contributed by atoms with Crippen LogP contribution in [0.1, 0.15) is 21.5 Å². The van der Waals surface area contributed by atoms with E-state index in [2.05, 4.69) is 0 Å². The van der Waals surface area contributed by atoms with Crippen molar-refractivity contribution >= 4 is 15.9 Å². The van der Waals surface area contributed by atoms with Gasteiger partial charge in [0.2, 0.25) is 10.0 Å². The van der Waals surface area contributed by atoms with Crippen LogP contribution in [0.25, 0.3) is 0 Å². The Bertz CT molecular complexity index is 1010. The van der Waals surface area contributed by atoms with Crippen molar-refractivity contribution in [2.24, 2.45) is 0 Å². The summed E-state index contributed by atoms with van der Waals surface area (Å²) in [5.74, 6) is 0.631. The molecule has 0 radical (unpaired) electrons. The van der Waals surface area contributed by atoms with Crippen molar-refractivity contribution in [2.45, 2.75) is 18.7 Å². The molecule has 1 heterocycles. The van der Waals surface area contributed by atoms with Crippen LogP contribution in [-0.4, -0.2) is 63.9 Å². The molecule has 156 valence electrons. The zero-order valence-corrected chi connectivity index (χ0v) is 18.0. The normalized spacial score (nSPS) is 15.2. The lowest BCUT2D eigenvalue weighted by Gasteiger charge is -2.34. The van der Waals surface area contributed by atoms with Gasteiger partial charge in [-0.2, -0.15) is 4.31 Å². The maximum Gasteiger partial charge on any atom is 0.254 e. The van der Waals surface area contributed by atoms with Crippen LogP contribution in [0, 0.1) is 13.8 Å². The molecule has 0 spiro atoms. The summed E-state index contributed by atoms with van der Waals surface area (Å²) in [6, 6.07) is 10.4. The first-order valence-corrected chi connectivity index (χ1v) is 10.8. The number of hydrogen-bond acceptors (Lipinski definition) is 5. The fraction of sp³-hybridized carbons (Fsp3) is 0.381. The van der Waals surface area contributed by atoms with Crippen LogP contribution >= 0.6 is 0 Å². The maximum absolute atomic E-state index is 13.2. The van der Waals surface area contributed by atoms with Gasteiger partial charge in [-0.25, -0.2) is 8.42 Å². The van der Waals surface area contributed by atoms with Gasteiger partial charge in [-0.05, 0) is 37.6 Å². The lowest BCUT2D eigenvalue weighted by molar-refractivity contribution is 0.0697. The first kappa shape index (κ1) is 21.1. The number of nitrogens with zero attached hydrogens (tertiary/aromatic N) is 2. The minimum Gasteiger partial charge on any atom is -0.497 e. The summed E-state index contributed by atoms with van der Waals surface area (Å²) in [5, 5.41) is 0. The smallest absolute Gasteiger partial charge is 0.254 e. The quantitative estimate of drug-likeness (QED) is 0.746. The van der Waals surface area contributed by atoms with Gasteiger partial charge in [-0.1, -0.05) is 17.7 Å². The van der Waals surface area contributed by atoms with Crippen LogP contribution in [0.5, 0.6) is 11.5 Å². The summed E-state index contributed by atoms with van der Waals surface area (Å²) in [7, 11) is -0.861. The van der Waals surface area contributed by atoms with E-state index in [1.54, 1.807) is 17.0 Å². The Hall–Kier alpha value is -2.58. The lowest BCUT2D eigenvalue weighted by atomic mass is 10.0. The van der Waals surface area contributed by atoms with Gasteiger partial charge in [0, 0.05) is 37.8 Å². The largest absolute Gasteiger partial charge is 0.497 e. The standard InChI is InChI=1S/C21H26N2O5S/c1-15-5-7-18(16(2)13-15)21(24)22-9-11-23(12-10-22)29(25,26)20-14-17(27-3)6-8-19(20)28-4/h5-8,13-14H,9-12H2,1-4H3. The Morgan fingerprint density at radius 3 is 2.21 bits per heavy atom. The summed E-state index contributed by atoms with van der Waals surface area (Å²) in [6.45, 7) is 5.00.